The molecule has 2 aromatic carbocycles. The molecule has 0 fully saturated rings. The van der Waals surface area contributed by atoms with Crippen LogP contribution in [0.1, 0.15) is 36.5 Å². The van der Waals surface area contributed by atoms with Crippen molar-refractivity contribution < 1.29 is 4.42 Å². The third kappa shape index (κ3) is 4.07. The van der Waals surface area contributed by atoms with Crippen LogP contribution in [0.3, 0.4) is 0 Å². The van der Waals surface area contributed by atoms with Crippen LogP contribution in [0.2, 0.25) is 0 Å². The molecule has 2 aliphatic rings. The molecule has 0 unspecified atom stereocenters. The molecule has 33 heavy (non-hydrogen) atoms. The highest BCUT2D eigenvalue weighted by Gasteiger charge is 2.24. The highest BCUT2D eigenvalue weighted by molar-refractivity contribution is 5.92. The van der Waals surface area contributed by atoms with E-state index in [4.69, 9.17) is 4.42 Å². The van der Waals surface area contributed by atoms with Gasteiger partial charge in [0.2, 0.25) is 0 Å². The molecule has 0 spiro atoms. The quantitative estimate of drug-likeness (QED) is 0.259. The third-order valence-corrected chi connectivity index (χ3v) is 6.44. The predicted octanol–water partition coefficient (Wildman–Crippen LogP) is 9.41. The van der Waals surface area contributed by atoms with E-state index in [0.29, 0.717) is 5.92 Å². The summed E-state index contributed by atoms with van der Waals surface area (Å²) < 4.78 is 6.43. The van der Waals surface area contributed by atoms with Crippen LogP contribution < -0.4 is 0 Å². The van der Waals surface area contributed by atoms with E-state index >= 15 is 0 Å². The summed E-state index contributed by atoms with van der Waals surface area (Å²) in [4.78, 5) is 0. The van der Waals surface area contributed by atoms with Crippen molar-refractivity contribution in [1.29, 1.82) is 0 Å². The highest BCUT2D eigenvalue weighted by Crippen LogP contribution is 2.43. The summed E-state index contributed by atoms with van der Waals surface area (Å²) in [5, 5.41) is 0. The Morgan fingerprint density at radius 2 is 1.12 bits per heavy atom. The van der Waals surface area contributed by atoms with Gasteiger partial charge in [-0.25, -0.2) is 4.42 Å². The Hall–Kier alpha value is -3.71. The lowest BCUT2D eigenvalue weighted by Gasteiger charge is -2.07. The molecule has 1 heteroatoms. The molecule has 3 aromatic rings. The van der Waals surface area contributed by atoms with Gasteiger partial charge in [-0.3, -0.25) is 0 Å². The van der Waals surface area contributed by atoms with Gasteiger partial charge in [0, 0.05) is 5.56 Å². The van der Waals surface area contributed by atoms with Crippen molar-refractivity contribution in [2.75, 3.05) is 0 Å². The van der Waals surface area contributed by atoms with E-state index in [0.717, 1.165) is 22.6 Å². The Balaban J connectivity index is 1.76. The van der Waals surface area contributed by atoms with Crippen LogP contribution in [0.5, 0.6) is 0 Å². The van der Waals surface area contributed by atoms with Gasteiger partial charge in [0.05, 0.1) is 23.3 Å². The Morgan fingerprint density at radius 1 is 0.545 bits per heavy atom. The minimum atomic E-state index is 0.489. The summed E-state index contributed by atoms with van der Waals surface area (Å²) >= 11 is 0. The Labute approximate surface area is 196 Å². The Bertz CT molecular complexity index is 1320. The molecule has 0 amide bonds. The van der Waals surface area contributed by atoms with Gasteiger partial charge in [-0.05, 0) is 77.4 Å². The van der Waals surface area contributed by atoms with E-state index in [9.17, 15) is 0 Å². The molecule has 1 aromatic heterocycles. The van der Waals surface area contributed by atoms with Crippen molar-refractivity contribution >= 4 is 0 Å². The number of hydrogen-bond acceptors (Lipinski definition) is 0. The van der Waals surface area contributed by atoms with Crippen molar-refractivity contribution in [2.24, 2.45) is 0 Å². The predicted molar refractivity (Wildman–Crippen MR) is 140 cm³/mol. The molecule has 0 radical (unpaired) electrons. The molecule has 1 heterocycles. The first-order chi connectivity index (χ1) is 16.0. The zero-order valence-electron chi connectivity index (χ0n) is 19.7. The smallest absolute Gasteiger partial charge is 0.207 e. The summed E-state index contributed by atoms with van der Waals surface area (Å²) in [6, 6.07) is 34.3. The number of aryl methyl sites for hydroxylation is 2. The summed E-state index contributed by atoms with van der Waals surface area (Å²) in [5.74, 6) is 2.24. The fourth-order valence-electron chi connectivity index (χ4n) is 4.57. The first-order valence-electron chi connectivity index (χ1n) is 11.6. The van der Waals surface area contributed by atoms with Crippen molar-refractivity contribution in [1.82, 2.24) is 0 Å². The molecule has 2 aliphatic carbocycles. The van der Waals surface area contributed by atoms with Gasteiger partial charge in [-0.1, -0.05) is 74.5 Å². The Kier molecular flexibility index (Phi) is 5.56. The fraction of sp³-hybridized carbons (Fsp3) is 0.156. The van der Waals surface area contributed by atoms with Crippen molar-refractivity contribution in [3.63, 3.8) is 0 Å². The molecule has 0 aliphatic heterocycles. The number of hydrogen-bond donors (Lipinski definition) is 0. The van der Waals surface area contributed by atoms with Gasteiger partial charge in [0.15, 0.2) is 0 Å². The van der Waals surface area contributed by atoms with Crippen LogP contribution in [0.15, 0.2) is 101 Å². The molecule has 5 rings (SSSR count). The maximum atomic E-state index is 6.43. The SMILES string of the molecule is Cc1cc(-c2cc(-c3ccccc3)[o+]c(-c3ccccc3)c2)c2c(C)ccc(C(C)C)cc1-2. The average molecular weight is 430 g/mol. The third-order valence-electron chi connectivity index (χ3n) is 6.44. The van der Waals surface area contributed by atoms with Gasteiger partial charge < -0.3 is 0 Å². The van der Waals surface area contributed by atoms with Crippen LogP contribution in [0.25, 0.3) is 44.9 Å². The van der Waals surface area contributed by atoms with Gasteiger partial charge in [-0.2, -0.15) is 0 Å². The largest absolute Gasteiger partial charge is 0.361 e. The van der Waals surface area contributed by atoms with Crippen molar-refractivity contribution in [3.8, 4) is 44.9 Å². The lowest BCUT2D eigenvalue weighted by molar-refractivity contribution is 0.582. The number of benzene rings is 2. The summed E-state index contributed by atoms with van der Waals surface area (Å²) in [6.07, 6.45) is 0. The first kappa shape index (κ1) is 21.2. The van der Waals surface area contributed by atoms with E-state index in [1.165, 1.54) is 38.9 Å². The van der Waals surface area contributed by atoms with Crippen LogP contribution in [-0.4, -0.2) is 0 Å². The van der Waals surface area contributed by atoms with Gasteiger partial charge in [0.1, 0.15) is 0 Å². The molecular weight excluding hydrogens is 400 g/mol. The maximum absolute atomic E-state index is 6.43. The molecule has 0 bridgehead atoms. The second-order valence-electron chi connectivity index (χ2n) is 9.15. The number of rotatable bonds is 4. The van der Waals surface area contributed by atoms with Crippen LogP contribution in [0.4, 0.5) is 0 Å². The zero-order valence-corrected chi connectivity index (χ0v) is 19.7. The van der Waals surface area contributed by atoms with E-state index < -0.39 is 0 Å². The molecule has 0 N–H and O–H groups in total. The van der Waals surface area contributed by atoms with E-state index in [1.807, 2.05) is 12.1 Å². The van der Waals surface area contributed by atoms with E-state index in [2.05, 4.69) is 113 Å². The standard InChI is InChI=1S/C32H29O/c1-21(2)26-16-15-22(3)32-28(18-26)23(4)17-29(32)27-19-30(24-11-7-5-8-12-24)33-31(20-27)25-13-9-6-10-14-25/h5-21H,1-4H3/q+1. The first-order valence-corrected chi connectivity index (χ1v) is 11.6. The van der Waals surface area contributed by atoms with Gasteiger partial charge in [0.25, 0.3) is 0 Å². The van der Waals surface area contributed by atoms with Crippen LogP contribution in [0, 0.1) is 13.8 Å². The average Bonchev–Trinajstić information content (AvgIpc) is 3.07. The second kappa shape index (κ2) is 8.67. The minimum absolute atomic E-state index is 0.489. The lowest BCUT2D eigenvalue weighted by atomic mass is 9.96. The molecule has 0 atom stereocenters. The molecule has 0 saturated carbocycles. The van der Waals surface area contributed by atoms with Crippen molar-refractivity contribution in [2.45, 2.75) is 33.6 Å². The maximum Gasteiger partial charge on any atom is 0.361 e. The minimum Gasteiger partial charge on any atom is -0.207 e. The lowest BCUT2D eigenvalue weighted by Crippen LogP contribution is -1.87. The van der Waals surface area contributed by atoms with Crippen LogP contribution in [-0.2, 0) is 0 Å². The zero-order chi connectivity index (χ0) is 22.9. The fourth-order valence-corrected chi connectivity index (χ4v) is 4.57. The van der Waals surface area contributed by atoms with E-state index in [1.54, 1.807) is 0 Å². The summed E-state index contributed by atoms with van der Waals surface area (Å²) in [5.41, 5.74) is 11.2. The summed E-state index contributed by atoms with van der Waals surface area (Å²) in [6.45, 7) is 8.96. The number of fused-ring (bicyclic) bond motifs is 1. The molecule has 162 valence electrons. The van der Waals surface area contributed by atoms with Gasteiger partial charge in [-0.15, -0.1) is 0 Å². The highest BCUT2D eigenvalue weighted by atomic mass is 16.3. The van der Waals surface area contributed by atoms with Gasteiger partial charge >= 0.3 is 11.5 Å². The molecular formula is C32H29O+. The monoisotopic (exact) mass is 429 g/mol. The summed E-state index contributed by atoms with van der Waals surface area (Å²) in [7, 11) is 0. The Morgan fingerprint density at radius 3 is 1.67 bits per heavy atom. The second-order valence-corrected chi connectivity index (χ2v) is 9.15. The topological polar surface area (TPSA) is 11.3 Å². The van der Waals surface area contributed by atoms with Crippen molar-refractivity contribution in [3.05, 3.63) is 114 Å². The molecule has 0 saturated heterocycles. The normalized spacial score (nSPS) is 11.3. The van der Waals surface area contributed by atoms with Crippen LogP contribution >= 0.6 is 0 Å². The van der Waals surface area contributed by atoms with E-state index in [-0.39, 0.29) is 0 Å². The molecule has 1 nitrogen and oxygen atoms in total.